The summed E-state index contributed by atoms with van der Waals surface area (Å²) in [5.41, 5.74) is 2.03. The molecule has 0 aliphatic rings. The lowest BCUT2D eigenvalue weighted by molar-refractivity contribution is 0.309. The number of nitrogens with zero attached hydrogens (tertiary/aromatic N) is 1. The van der Waals surface area contributed by atoms with E-state index in [0.29, 0.717) is 39.3 Å². The van der Waals surface area contributed by atoms with Crippen molar-refractivity contribution in [3.8, 4) is 17.6 Å². The number of hydrogen-bond donors (Lipinski definition) is 0. The minimum absolute atomic E-state index is 0.412. The summed E-state index contributed by atoms with van der Waals surface area (Å²) in [6.45, 7) is 2.43. The Hall–Kier alpha value is -1.42. The SMILES string of the molecule is CCOc1cc(/C=C(/C#N)c2ccc(Cl)c(Cl)c2)cc(I)c1OC. The highest BCUT2D eigenvalue weighted by molar-refractivity contribution is 14.1. The maximum absolute atomic E-state index is 9.49. The number of nitriles is 1. The summed E-state index contributed by atoms with van der Waals surface area (Å²) in [4.78, 5) is 0. The number of benzene rings is 2. The predicted octanol–water partition coefficient (Wildman–Crippen LogP) is 6.07. The average Bonchev–Trinajstić information content (AvgIpc) is 2.55. The van der Waals surface area contributed by atoms with Crippen molar-refractivity contribution in [2.45, 2.75) is 6.92 Å². The summed E-state index contributed by atoms with van der Waals surface area (Å²) >= 11 is 14.2. The van der Waals surface area contributed by atoms with E-state index in [2.05, 4.69) is 28.7 Å². The molecule has 6 heteroatoms. The van der Waals surface area contributed by atoms with E-state index in [-0.39, 0.29) is 0 Å². The molecule has 0 N–H and O–H groups in total. The third-order valence-corrected chi connectivity index (χ3v) is 4.74. The summed E-state index contributed by atoms with van der Waals surface area (Å²) in [5, 5.41) is 10.4. The van der Waals surface area contributed by atoms with Gasteiger partial charge in [0.2, 0.25) is 0 Å². The van der Waals surface area contributed by atoms with E-state index in [1.165, 1.54) is 0 Å². The smallest absolute Gasteiger partial charge is 0.174 e. The molecule has 0 aliphatic heterocycles. The summed E-state index contributed by atoms with van der Waals surface area (Å²) in [7, 11) is 1.60. The zero-order chi connectivity index (χ0) is 17.7. The summed E-state index contributed by atoms with van der Waals surface area (Å²) in [6.07, 6.45) is 1.78. The molecule has 24 heavy (non-hydrogen) atoms. The summed E-state index contributed by atoms with van der Waals surface area (Å²) in [6, 6.07) is 11.1. The molecule has 0 unspecified atom stereocenters. The zero-order valence-electron chi connectivity index (χ0n) is 13.1. The molecule has 0 radical (unpaired) electrons. The first kappa shape index (κ1) is 18.9. The lowest BCUT2D eigenvalue weighted by atomic mass is 10.0. The quantitative estimate of drug-likeness (QED) is 0.300. The van der Waals surface area contributed by atoms with Crippen LogP contribution < -0.4 is 9.47 Å². The van der Waals surface area contributed by atoms with Gasteiger partial charge in [-0.05, 0) is 71.0 Å². The topological polar surface area (TPSA) is 42.2 Å². The molecule has 0 saturated heterocycles. The fraction of sp³-hybridized carbons (Fsp3) is 0.167. The molecule has 0 bridgehead atoms. The molecular formula is C18H14Cl2INO2. The lowest BCUT2D eigenvalue weighted by Gasteiger charge is -2.12. The molecule has 2 aromatic rings. The van der Waals surface area contributed by atoms with E-state index in [1.54, 1.807) is 31.4 Å². The van der Waals surface area contributed by atoms with Gasteiger partial charge in [-0.2, -0.15) is 5.26 Å². The van der Waals surface area contributed by atoms with Crippen molar-refractivity contribution in [2.75, 3.05) is 13.7 Å². The minimum Gasteiger partial charge on any atom is -0.492 e. The van der Waals surface area contributed by atoms with Crippen LogP contribution in [0.2, 0.25) is 10.0 Å². The van der Waals surface area contributed by atoms with Crippen LogP contribution in [0, 0.1) is 14.9 Å². The van der Waals surface area contributed by atoms with Crippen LogP contribution >= 0.6 is 45.8 Å². The molecule has 0 amide bonds. The van der Waals surface area contributed by atoms with Crippen molar-refractivity contribution < 1.29 is 9.47 Å². The summed E-state index contributed by atoms with van der Waals surface area (Å²) in [5.74, 6) is 1.33. The summed E-state index contributed by atoms with van der Waals surface area (Å²) < 4.78 is 11.9. The minimum atomic E-state index is 0.412. The van der Waals surface area contributed by atoms with Crippen LogP contribution in [0.15, 0.2) is 30.3 Å². The Kier molecular flexibility index (Phi) is 6.79. The van der Waals surface area contributed by atoms with Crippen molar-refractivity contribution in [3.05, 3.63) is 55.1 Å². The van der Waals surface area contributed by atoms with Crippen molar-refractivity contribution in [3.63, 3.8) is 0 Å². The molecule has 0 fully saturated rings. The van der Waals surface area contributed by atoms with Gasteiger partial charge in [-0.1, -0.05) is 29.3 Å². The van der Waals surface area contributed by atoms with E-state index in [9.17, 15) is 5.26 Å². The Morgan fingerprint density at radius 1 is 1.25 bits per heavy atom. The third kappa shape index (κ3) is 4.35. The van der Waals surface area contributed by atoms with Crippen LogP contribution in [0.4, 0.5) is 0 Å². The second-order valence-corrected chi connectivity index (χ2v) is 6.74. The maximum atomic E-state index is 9.49. The van der Waals surface area contributed by atoms with Crippen molar-refractivity contribution >= 4 is 57.4 Å². The molecule has 0 spiro atoms. The van der Waals surface area contributed by atoms with Gasteiger partial charge in [0, 0.05) is 0 Å². The first-order chi connectivity index (χ1) is 11.5. The molecule has 0 heterocycles. The van der Waals surface area contributed by atoms with Crippen molar-refractivity contribution in [1.82, 2.24) is 0 Å². The van der Waals surface area contributed by atoms with Gasteiger partial charge in [-0.3, -0.25) is 0 Å². The molecule has 0 aliphatic carbocycles. The third-order valence-electron chi connectivity index (χ3n) is 3.20. The van der Waals surface area contributed by atoms with E-state index in [4.69, 9.17) is 32.7 Å². The number of rotatable bonds is 5. The van der Waals surface area contributed by atoms with E-state index in [1.807, 2.05) is 19.1 Å². The highest BCUT2D eigenvalue weighted by atomic mass is 127. The molecule has 0 atom stereocenters. The second kappa shape index (κ2) is 8.61. The van der Waals surface area contributed by atoms with Gasteiger partial charge in [0.15, 0.2) is 11.5 Å². The average molecular weight is 474 g/mol. The highest BCUT2D eigenvalue weighted by Gasteiger charge is 2.11. The van der Waals surface area contributed by atoms with Crippen molar-refractivity contribution in [1.29, 1.82) is 5.26 Å². The van der Waals surface area contributed by atoms with Gasteiger partial charge < -0.3 is 9.47 Å². The predicted molar refractivity (Wildman–Crippen MR) is 107 cm³/mol. The van der Waals surface area contributed by atoms with Crippen LogP contribution in [0.3, 0.4) is 0 Å². The largest absolute Gasteiger partial charge is 0.492 e. The van der Waals surface area contributed by atoms with Crippen LogP contribution in [-0.4, -0.2) is 13.7 Å². The molecule has 3 nitrogen and oxygen atoms in total. The van der Waals surface area contributed by atoms with Crippen LogP contribution in [0.1, 0.15) is 18.1 Å². The molecule has 2 aromatic carbocycles. The molecular weight excluding hydrogens is 460 g/mol. The Balaban J connectivity index is 2.51. The maximum Gasteiger partial charge on any atom is 0.174 e. The molecule has 124 valence electrons. The van der Waals surface area contributed by atoms with Gasteiger partial charge in [-0.15, -0.1) is 0 Å². The van der Waals surface area contributed by atoms with Crippen LogP contribution in [-0.2, 0) is 0 Å². The lowest BCUT2D eigenvalue weighted by Crippen LogP contribution is -1.98. The first-order valence-electron chi connectivity index (χ1n) is 7.07. The normalized spacial score (nSPS) is 11.1. The van der Waals surface area contributed by atoms with E-state index in [0.717, 1.165) is 9.13 Å². The number of halogens is 3. The Labute approximate surface area is 164 Å². The second-order valence-electron chi connectivity index (χ2n) is 4.77. The van der Waals surface area contributed by atoms with E-state index < -0.39 is 0 Å². The first-order valence-corrected chi connectivity index (χ1v) is 8.91. The molecule has 0 saturated carbocycles. The van der Waals surface area contributed by atoms with E-state index >= 15 is 0 Å². The number of hydrogen-bond acceptors (Lipinski definition) is 3. The fourth-order valence-corrected chi connectivity index (χ4v) is 3.29. The standard InChI is InChI=1S/C18H14Cl2INO2/c1-3-24-17-8-11(7-16(21)18(17)23-2)6-13(10-22)12-4-5-14(19)15(20)9-12/h4-9H,3H2,1-2H3/b13-6-. The van der Waals surface area contributed by atoms with Crippen LogP contribution in [0.5, 0.6) is 11.5 Å². The monoisotopic (exact) mass is 473 g/mol. The zero-order valence-corrected chi connectivity index (χ0v) is 16.7. The molecule has 2 rings (SSSR count). The van der Waals surface area contributed by atoms with Gasteiger partial charge >= 0.3 is 0 Å². The number of ether oxygens (including phenoxy) is 2. The fourth-order valence-electron chi connectivity index (χ4n) is 2.14. The highest BCUT2D eigenvalue weighted by Crippen LogP contribution is 2.35. The Bertz CT molecular complexity index is 828. The number of allylic oxidation sites excluding steroid dienone is 1. The van der Waals surface area contributed by atoms with Gasteiger partial charge in [0.05, 0.1) is 39.0 Å². The van der Waals surface area contributed by atoms with Crippen molar-refractivity contribution in [2.24, 2.45) is 0 Å². The van der Waals surface area contributed by atoms with Crippen LogP contribution in [0.25, 0.3) is 11.6 Å². The number of methoxy groups -OCH3 is 1. The Morgan fingerprint density at radius 3 is 2.58 bits per heavy atom. The Morgan fingerprint density at radius 2 is 2.00 bits per heavy atom. The van der Waals surface area contributed by atoms with Gasteiger partial charge in [-0.25, -0.2) is 0 Å². The molecule has 0 aromatic heterocycles. The van der Waals surface area contributed by atoms with Gasteiger partial charge in [0.25, 0.3) is 0 Å². The van der Waals surface area contributed by atoms with Gasteiger partial charge in [0.1, 0.15) is 0 Å².